The van der Waals surface area contributed by atoms with Gasteiger partial charge in [-0.15, -0.1) is 0 Å². The number of nitrogens with one attached hydrogen (secondary N) is 1. The minimum Gasteiger partial charge on any atom is -0.297 e. The Bertz CT molecular complexity index is 627. The van der Waals surface area contributed by atoms with Gasteiger partial charge in [0.15, 0.2) is 4.77 Å². The lowest BCUT2D eigenvalue weighted by atomic mass is 10.1. The molecule has 1 fully saturated rings. The fourth-order valence-corrected chi connectivity index (χ4v) is 2.53. The molecule has 2 aromatic rings. The van der Waals surface area contributed by atoms with E-state index in [1.165, 1.54) is 6.07 Å². The maximum absolute atomic E-state index is 13.3. The Morgan fingerprint density at radius 1 is 1.50 bits per heavy atom. The molecule has 1 heterocycles. The molecule has 1 aliphatic carbocycles. The highest BCUT2D eigenvalue weighted by Gasteiger charge is 2.30. The standard InChI is InChI=1S/C13H14FN3S/c1-8(10-3-2-4-11(14)7-10)17-12(9-5-6-9)15-16-13(17)18/h2-4,7-9H,5-6H2,1H3,(H,16,18). The normalized spacial score (nSPS) is 16.8. The fraction of sp³-hybridized carbons (Fsp3) is 0.385. The molecule has 1 aromatic heterocycles. The zero-order valence-electron chi connectivity index (χ0n) is 10.1. The molecule has 1 unspecified atom stereocenters. The number of aromatic amines is 1. The summed E-state index contributed by atoms with van der Waals surface area (Å²) >= 11 is 5.28. The van der Waals surface area contributed by atoms with E-state index in [-0.39, 0.29) is 11.9 Å². The summed E-state index contributed by atoms with van der Waals surface area (Å²) in [6.07, 6.45) is 2.32. The molecule has 1 saturated carbocycles. The second-order valence-corrected chi connectivity index (χ2v) is 5.15. The smallest absolute Gasteiger partial charge is 0.195 e. The molecule has 0 bridgehead atoms. The molecule has 1 N–H and O–H groups in total. The summed E-state index contributed by atoms with van der Waals surface area (Å²) in [4.78, 5) is 0. The fourth-order valence-electron chi connectivity index (χ4n) is 2.24. The van der Waals surface area contributed by atoms with Gasteiger partial charge in [0.25, 0.3) is 0 Å². The van der Waals surface area contributed by atoms with Gasteiger partial charge in [0.2, 0.25) is 0 Å². The summed E-state index contributed by atoms with van der Waals surface area (Å²) in [6.45, 7) is 2.02. The van der Waals surface area contributed by atoms with Gasteiger partial charge < -0.3 is 0 Å². The number of hydrogen-bond donors (Lipinski definition) is 1. The minimum absolute atomic E-state index is 0.00236. The van der Waals surface area contributed by atoms with E-state index in [1.54, 1.807) is 12.1 Å². The van der Waals surface area contributed by atoms with E-state index in [1.807, 2.05) is 17.6 Å². The van der Waals surface area contributed by atoms with Crippen LogP contribution in [-0.2, 0) is 0 Å². The highest BCUT2D eigenvalue weighted by Crippen LogP contribution is 2.40. The van der Waals surface area contributed by atoms with Crippen molar-refractivity contribution in [2.45, 2.75) is 31.7 Å². The van der Waals surface area contributed by atoms with Crippen LogP contribution in [0.15, 0.2) is 24.3 Å². The van der Waals surface area contributed by atoms with Gasteiger partial charge in [-0.3, -0.25) is 9.67 Å². The molecule has 3 nitrogen and oxygen atoms in total. The number of nitrogens with zero attached hydrogens (tertiary/aromatic N) is 2. The van der Waals surface area contributed by atoms with Crippen molar-refractivity contribution in [3.63, 3.8) is 0 Å². The average molecular weight is 263 g/mol. The summed E-state index contributed by atoms with van der Waals surface area (Å²) in [6, 6.07) is 6.64. The van der Waals surface area contributed by atoms with Crippen molar-refractivity contribution in [2.75, 3.05) is 0 Å². The predicted molar refractivity (Wildman–Crippen MR) is 69.6 cm³/mol. The van der Waals surface area contributed by atoms with Gasteiger partial charge in [0, 0.05) is 5.92 Å². The molecule has 1 aliphatic rings. The zero-order chi connectivity index (χ0) is 12.7. The lowest BCUT2D eigenvalue weighted by Crippen LogP contribution is -2.10. The minimum atomic E-state index is -0.220. The predicted octanol–water partition coefficient (Wildman–Crippen LogP) is 3.57. The second kappa shape index (κ2) is 4.31. The van der Waals surface area contributed by atoms with Gasteiger partial charge in [0.1, 0.15) is 11.6 Å². The third-order valence-electron chi connectivity index (χ3n) is 3.39. The van der Waals surface area contributed by atoms with Crippen molar-refractivity contribution in [1.82, 2.24) is 14.8 Å². The second-order valence-electron chi connectivity index (χ2n) is 4.76. The molecule has 18 heavy (non-hydrogen) atoms. The van der Waals surface area contributed by atoms with E-state index >= 15 is 0 Å². The molecule has 0 radical (unpaired) electrons. The topological polar surface area (TPSA) is 33.6 Å². The van der Waals surface area contributed by atoms with Crippen molar-refractivity contribution >= 4 is 12.2 Å². The number of hydrogen-bond acceptors (Lipinski definition) is 2. The Balaban J connectivity index is 2.04. The first kappa shape index (κ1) is 11.6. The molecule has 5 heteroatoms. The molecule has 0 aliphatic heterocycles. The van der Waals surface area contributed by atoms with Crippen molar-refractivity contribution < 1.29 is 4.39 Å². The highest BCUT2D eigenvalue weighted by molar-refractivity contribution is 7.71. The molecular formula is C13H14FN3S. The molecule has 0 saturated heterocycles. The maximum Gasteiger partial charge on any atom is 0.195 e. The van der Waals surface area contributed by atoms with Crippen molar-refractivity contribution in [1.29, 1.82) is 0 Å². The SMILES string of the molecule is CC(c1cccc(F)c1)n1c(C2CC2)n[nH]c1=S. The maximum atomic E-state index is 13.3. The highest BCUT2D eigenvalue weighted by atomic mass is 32.1. The van der Waals surface area contributed by atoms with E-state index in [9.17, 15) is 4.39 Å². The third kappa shape index (κ3) is 1.99. The van der Waals surface area contributed by atoms with Gasteiger partial charge in [-0.2, -0.15) is 5.10 Å². The Hall–Kier alpha value is -1.49. The summed E-state index contributed by atoms with van der Waals surface area (Å²) in [5.41, 5.74) is 0.911. The molecule has 0 amide bonds. The summed E-state index contributed by atoms with van der Waals surface area (Å²) in [7, 11) is 0. The number of halogens is 1. The van der Waals surface area contributed by atoms with Crippen molar-refractivity contribution in [3.8, 4) is 0 Å². The number of benzene rings is 1. The first-order valence-corrected chi connectivity index (χ1v) is 6.50. The lowest BCUT2D eigenvalue weighted by molar-refractivity contribution is 0.581. The van der Waals surface area contributed by atoms with Gasteiger partial charge >= 0.3 is 0 Å². The Labute approximate surface area is 110 Å². The van der Waals surface area contributed by atoms with Crippen LogP contribution in [0, 0.1) is 10.6 Å². The first-order chi connectivity index (χ1) is 8.66. The first-order valence-electron chi connectivity index (χ1n) is 6.09. The van der Waals surface area contributed by atoms with Crippen LogP contribution < -0.4 is 0 Å². The van der Waals surface area contributed by atoms with E-state index in [4.69, 9.17) is 12.2 Å². The Kier molecular flexibility index (Phi) is 2.78. The van der Waals surface area contributed by atoms with Crippen LogP contribution in [0.4, 0.5) is 4.39 Å². The number of rotatable bonds is 3. The quantitative estimate of drug-likeness (QED) is 0.859. The third-order valence-corrected chi connectivity index (χ3v) is 3.68. The zero-order valence-corrected chi connectivity index (χ0v) is 10.9. The van der Waals surface area contributed by atoms with Crippen LogP contribution in [0.2, 0.25) is 0 Å². The van der Waals surface area contributed by atoms with Gasteiger partial charge in [0.05, 0.1) is 6.04 Å². The van der Waals surface area contributed by atoms with Crippen LogP contribution in [0.5, 0.6) is 0 Å². The molecule has 1 atom stereocenters. The molecule has 1 aromatic carbocycles. The van der Waals surface area contributed by atoms with E-state index in [2.05, 4.69) is 10.2 Å². The monoisotopic (exact) mass is 263 g/mol. The van der Waals surface area contributed by atoms with Crippen molar-refractivity contribution in [3.05, 3.63) is 46.2 Å². The van der Waals surface area contributed by atoms with Gasteiger partial charge in [-0.25, -0.2) is 4.39 Å². The molecule has 0 spiro atoms. The Morgan fingerprint density at radius 2 is 2.28 bits per heavy atom. The van der Waals surface area contributed by atoms with Crippen LogP contribution in [0.3, 0.4) is 0 Å². The number of aromatic nitrogens is 3. The van der Waals surface area contributed by atoms with E-state index < -0.39 is 0 Å². The Morgan fingerprint density at radius 3 is 2.94 bits per heavy atom. The van der Waals surface area contributed by atoms with Crippen LogP contribution in [0.25, 0.3) is 0 Å². The molecular weight excluding hydrogens is 249 g/mol. The van der Waals surface area contributed by atoms with Gasteiger partial charge in [-0.05, 0) is 49.7 Å². The van der Waals surface area contributed by atoms with Crippen LogP contribution >= 0.6 is 12.2 Å². The van der Waals surface area contributed by atoms with Crippen LogP contribution in [-0.4, -0.2) is 14.8 Å². The number of H-pyrrole nitrogens is 1. The van der Waals surface area contributed by atoms with E-state index in [0.717, 1.165) is 24.2 Å². The van der Waals surface area contributed by atoms with Crippen molar-refractivity contribution in [2.24, 2.45) is 0 Å². The average Bonchev–Trinajstić information content (AvgIpc) is 3.12. The molecule has 94 valence electrons. The lowest BCUT2D eigenvalue weighted by Gasteiger charge is -2.16. The summed E-state index contributed by atoms with van der Waals surface area (Å²) < 4.78 is 15.9. The molecule has 3 rings (SSSR count). The van der Waals surface area contributed by atoms with Gasteiger partial charge in [-0.1, -0.05) is 12.1 Å². The van der Waals surface area contributed by atoms with Crippen LogP contribution in [0.1, 0.15) is 43.1 Å². The summed E-state index contributed by atoms with van der Waals surface area (Å²) in [5, 5.41) is 7.14. The summed E-state index contributed by atoms with van der Waals surface area (Å²) in [5.74, 6) is 1.29. The largest absolute Gasteiger partial charge is 0.297 e. The van der Waals surface area contributed by atoms with E-state index in [0.29, 0.717) is 10.7 Å².